The summed E-state index contributed by atoms with van der Waals surface area (Å²) >= 11 is 0. The minimum Gasteiger partial charge on any atom is -0.390 e. The highest BCUT2D eigenvalue weighted by Gasteiger charge is 2.55. The van der Waals surface area contributed by atoms with Crippen LogP contribution in [0.3, 0.4) is 0 Å². The van der Waals surface area contributed by atoms with E-state index in [-0.39, 0.29) is 5.91 Å². The fourth-order valence-corrected chi connectivity index (χ4v) is 5.71. The predicted molar refractivity (Wildman–Crippen MR) is 107 cm³/mol. The maximum absolute atomic E-state index is 12.9. The molecule has 1 aromatic heterocycles. The molecule has 2 saturated carbocycles. The molecule has 1 unspecified atom stereocenters. The molecule has 5 rings (SSSR count). The largest absolute Gasteiger partial charge is 0.390 e. The van der Waals surface area contributed by atoms with Gasteiger partial charge in [0.2, 0.25) is 11.9 Å². The van der Waals surface area contributed by atoms with Crippen LogP contribution in [-0.4, -0.2) is 50.8 Å². The van der Waals surface area contributed by atoms with Gasteiger partial charge in [0.25, 0.3) is 0 Å². The second-order valence-corrected chi connectivity index (χ2v) is 9.48. The number of fused-ring (bicyclic) bond motifs is 1. The summed E-state index contributed by atoms with van der Waals surface area (Å²) in [4.78, 5) is 24.7. The van der Waals surface area contributed by atoms with E-state index >= 15 is 0 Å². The molecule has 3 N–H and O–H groups in total. The van der Waals surface area contributed by atoms with Gasteiger partial charge < -0.3 is 20.6 Å². The van der Waals surface area contributed by atoms with E-state index in [4.69, 9.17) is 4.98 Å². The molecule has 1 atom stereocenters. The predicted octanol–water partition coefficient (Wildman–Crippen LogP) is 2.15. The molecule has 28 heavy (non-hydrogen) atoms. The van der Waals surface area contributed by atoms with Crippen LogP contribution in [0.5, 0.6) is 0 Å². The van der Waals surface area contributed by atoms with Crippen LogP contribution in [0.1, 0.15) is 70.3 Å². The first-order valence-electron chi connectivity index (χ1n) is 10.9. The molecule has 1 saturated heterocycles. The monoisotopic (exact) mass is 385 g/mol. The Balaban J connectivity index is 1.42. The van der Waals surface area contributed by atoms with Gasteiger partial charge in [-0.1, -0.05) is 12.8 Å². The number of aromatic nitrogens is 2. The average molecular weight is 386 g/mol. The van der Waals surface area contributed by atoms with Crippen molar-refractivity contribution in [2.45, 2.75) is 94.4 Å². The molecule has 4 aliphatic rings. The molecule has 3 heterocycles. The van der Waals surface area contributed by atoms with Crippen LogP contribution in [0.25, 0.3) is 0 Å². The number of carbonyl (C=O) groups excluding carboxylic acids is 1. The van der Waals surface area contributed by atoms with Crippen molar-refractivity contribution in [2.24, 2.45) is 0 Å². The average Bonchev–Trinajstić information content (AvgIpc) is 3.37. The maximum atomic E-state index is 12.9. The number of carbonyl (C=O) groups is 1. The molecule has 3 fully saturated rings. The van der Waals surface area contributed by atoms with E-state index in [2.05, 4.69) is 20.5 Å². The van der Waals surface area contributed by atoms with Gasteiger partial charge in [0.05, 0.1) is 5.60 Å². The zero-order chi connectivity index (χ0) is 19.4. The highest BCUT2D eigenvalue weighted by molar-refractivity contribution is 5.94. The van der Waals surface area contributed by atoms with Crippen LogP contribution in [0.15, 0.2) is 6.20 Å². The van der Waals surface area contributed by atoms with Crippen LogP contribution in [0, 0.1) is 0 Å². The zero-order valence-corrected chi connectivity index (χ0v) is 16.7. The number of nitrogens with zero attached hydrogens (tertiary/aromatic N) is 3. The summed E-state index contributed by atoms with van der Waals surface area (Å²) in [6.45, 7) is 2.66. The first kappa shape index (κ1) is 18.2. The number of anilines is 2. The van der Waals surface area contributed by atoms with Crippen molar-refractivity contribution in [3.05, 3.63) is 11.8 Å². The molecule has 7 nitrogen and oxygen atoms in total. The van der Waals surface area contributed by atoms with Gasteiger partial charge in [-0.05, 0) is 51.9 Å². The summed E-state index contributed by atoms with van der Waals surface area (Å²) in [7, 11) is 0. The Morgan fingerprint density at radius 3 is 2.64 bits per heavy atom. The minimum atomic E-state index is -0.543. The first-order chi connectivity index (χ1) is 13.5. The molecule has 1 amide bonds. The second kappa shape index (κ2) is 6.58. The van der Waals surface area contributed by atoms with Crippen molar-refractivity contribution in [1.29, 1.82) is 0 Å². The summed E-state index contributed by atoms with van der Waals surface area (Å²) in [6, 6.07) is 0.695. The third kappa shape index (κ3) is 2.95. The van der Waals surface area contributed by atoms with Crippen molar-refractivity contribution >= 4 is 17.7 Å². The van der Waals surface area contributed by atoms with Gasteiger partial charge in [-0.3, -0.25) is 4.79 Å². The van der Waals surface area contributed by atoms with Crippen molar-refractivity contribution in [2.75, 3.05) is 16.8 Å². The van der Waals surface area contributed by atoms with Crippen LogP contribution >= 0.6 is 0 Å². The van der Waals surface area contributed by atoms with E-state index in [1.54, 1.807) is 0 Å². The van der Waals surface area contributed by atoms with Crippen LogP contribution in [-0.2, 0) is 11.2 Å². The van der Waals surface area contributed by atoms with Gasteiger partial charge in [0.1, 0.15) is 11.4 Å². The SMILES string of the molecule is CC1(O)CCC(Nc2ncc3c(n2)N(C2CCCC2)C2(CCNC2=O)C3)CC1. The molecule has 0 aromatic carbocycles. The highest BCUT2D eigenvalue weighted by atomic mass is 16.3. The number of amides is 1. The van der Waals surface area contributed by atoms with E-state index in [9.17, 15) is 9.90 Å². The highest BCUT2D eigenvalue weighted by Crippen LogP contribution is 2.46. The van der Waals surface area contributed by atoms with Crippen LogP contribution in [0.4, 0.5) is 11.8 Å². The molecule has 0 radical (unpaired) electrons. The number of hydrogen-bond donors (Lipinski definition) is 3. The molecule has 7 heteroatoms. The topological polar surface area (TPSA) is 90.4 Å². The first-order valence-corrected chi connectivity index (χ1v) is 10.9. The summed E-state index contributed by atoms with van der Waals surface area (Å²) in [5, 5.41) is 16.7. The Labute approximate surface area is 166 Å². The third-order valence-electron chi connectivity index (χ3n) is 7.35. The van der Waals surface area contributed by atoms with E-state index in [1.165, 1.54) is 12.8 Å². The van der Waals surface area contributed by atoms with Crippen molar-refractivity contribution < 1.29 is 9.90 Å². The number of aliphatic hydroxyl groups is 1. The fourth-order valence-electron chi connectivity index (χ4n) is 5.71. The van der Waals surface area contributed by atoms with Gasteiger partial charge >= 0.3 is 0 Å². The minimum absolute atomic E-state index is 0.154. The summed E-state index contributed by atoms with van der Waals surface area (Å²) in [6.07, 6.45) is 11.7. The van der Waals surface area contributed by atoms with Crippen LogP contribution < -0.4 is 15.5 Å². The Morgan fingerprint density at radius 1 is 1.21 bits per heavy atom. The van der Waals surface area contributed by atoms with Crippen LogP contribution in [0.2, 0.25) is 0 Å². The third-order valence-corrected chi connectivity index (χ3v) is 7.35. The van der Waals surface area contributed by atoms with E-state index < -0.39 is 11.1 Å². The Bertz CT molecular complexity index is 766. The lowest BCUT2D eigenvalue weighted by Gasteiger charge is -2.38. The van der Waals surface area contributed by atoms with E-state index in [0.717, 1.165) is 69.3 Å². The lowest BCUT2D eigenvalue weighted by Crippen LogP contribution is -2.56. The summed E-state index contributed by atoms with van der Waals surface area (Å²) in [5.41, 5.74) is 0.0909. The fraction of sp³-hybridized carbons (Fsp3) is 0.762. The van der Waals surface area contributed by atoms with Gasteiger partial charge in [-0.25, -0.2) is 4.98 Å². The Morgan fingerprint density at radius 2 is 1.96 bits per heavy atom. The van der Waals surface area contributed by atoms with Gasteiger partial charge in [0.15, 0.2) is 0 Å². The van der Waals surface area contributed by atoms with Crippen molar-refractivity contribution in [1.82, 2.24) is 15.3 Å². The lowest BCUT2D eigenvalue weighted by molar-refractivity contribution is -0.123. The van der Waals surface area contributed by atoms with Crippen molar-refractivity contribution in [3.8, 4) is 0 Å². The van der Waals surface area contributed by atoms with Crippen molar-refractivity contribution in [3.63, 3.8) is 0 Å². The quantitative estimate of drug-likeness (QED) is 0.739. The Kier molecular flexibility index (Phi) is 4.27. The molecule has 1 aromatic rings. The smallest absolute Gasteiger partial charge is 0.246 e. The van der Waals surface area contributed by atoms with Gasteiger partial charge in [0, 0.05) is 36.8 Å². The normalized spacial score (nSPS) is 35.4. The maximum Gasteiger partial charge on any atom is 0.246 e. The van der Waals surface area contributed by atoms with Gasteiger partial charge in [-0.15, -0.1) is 0 Å². The van der Waals surface area contributed by atoms with E-state index in [1.807, 2.05) is 13.1 Å². The van der Waals surface area contributed by atoms with E-state index in [0.29, 0.717) is 18.0 Å². The molecule has 0 bridgehead atoms. The molecular formula is C21H31N5O2. The standard InChI is InChI=1S/C21H31N5O2/c1-20(28)8-6-15(7-9-20)24-19-23-13-14-12-21(10-11-22-18(21)27)26(17(14)25-19)16-4-2-3-5-16/h13,15-16,28H,2-12H2,1H3,(H,22,27)(H,23,24,25). The summed E-state index contributed by atoms with van der Waals surface area (Å²) < 4.78 is 0. The summed E-state index contributed by atoms with van der Waals surface area (Å²) in [5.74, 6) is 1.77. The number of hydrogen-bond acceptors (Lipinski definition) is 6. The molecule has 2 aliphatic carbocycles. The zero-order valence-electron chi connectivity index (χ0n) is 16.7. The molecule has 2 aliphatic heterocycles. The number of nitrogens with one attached hydrogen (secondary N) is 2. The second-order valence-electron chi connectivity index (χ2n) is 9.48. The van der Waals surface area contributed by atoms with Gasteiger partial charge in [-0.2, -0.15) is 4.98 Å². The number of rotatable bonds is 3. The molecular weight excluding hydrogens is 354 g/mol. The Hall–Kier alpha value is -1.89. The molecule has 1 spiro atoms. The molecule has 152 valence electrons. The lowest BCUT2D eigenvalue weighted by atomic mass is 9.84.